The van der Waals surface area contributed by atoms with Gasteiger partial charge in [0.05, 0.1) is 10.7 Å². The summed E-state index contributed by atoms with van der Waals surface area (Å²) in [6.07, 6.45) is 5.11. The second-order valence-electron chi connectivity index (χ2n) is 3.94. The normalized spacial score (nSPS) is 10.9. The summed E-state index contributed by atoms with van der Waals surface area (Å²) >= 11 is 1.71. The summed E-state index contributed by atoms with van der Waals surface area (Å²) < 4.78 is 0. The maximum absolute atomic E-state index is 5.50. The zero-order valence-corrected chi connectivity index (χ0v) is 10.8. The van der Waals surface area contributed by atoms with Crippen molar-refractivity contribution < 1.29 is 0 Å². The van der Waals surface area contributed by atoms with Crippen LogP contribution in [0.25, 0.3) is 0 Å². The highest BCUT2D eigenvalue weighted by molar-refractivity contribution is 7.09. The highest BCUT2D eigenvalue weighted by atomic mass is 32.1. The van der Waals surface area contributed by atoms with Gasteiger partial charge in [0.2, 0.25) is 0 Å². The Kier molecular flexibility index (Phi) is 6.30. The molecule has 4 heteroatoms. The summed E-state index contributed by atoms with van der Waals surface area (Å²) in [5.41, 5.74) is 6.66. The van der Waals surface area contributed by atoms with Crippen molar-refractivity contribution in [3.63, 3.8) is 0 Å². The van der Waals surface area contributed by atoms with Crippen molar-refractivity contribution in [3.8, 4) is 0 Å². The topological polar surface area (TPSA) is 42.1 Å². The molecule has 0 aliphatic rings. The predicted octanol–water partition coefficient (Wildman–Crippen LogP) is 2.04. The molecule has 2 N–H and O–H groups in total. The summed E-state index contributed by atoms with van der Waals surface area (Å²) in [7, 11) is 2.13. The summed E-state index contributed by atoms with van der Waals surface area (Å²) in [5.74, 6) is 0. The van der Waals surface area contributed by atoms with Crippen molar-refractivity contribution in [1.82, 2.24) is 9.88 Å². The Morgan fingerprint density at radius 2 is 2.44 bits per heavy atom. The van der Waals surface area contributed by atoms with Gasteiger partial charge in [-0.25, -0.2) is 4.98 Å². The van der Waals surface area contributed by atoms with E-state index in [4.69, 9.17) is 5.73 Å². The second-order valence-corrected chi connectivity index (χ2v) is 4.88. The first-order valence-electron chi connectivity index (χ1n) is 5.69. The second kappa shape index (κ2) is 7.54. The standard InChI is InChI=1S/C12H21N3S/c1-3-4-5-8-15(2)9-11-10-16-12(14-11)6-7-13/h3,10H,1,4-9,13H2,2H3. The van der Waals surface area contributed by atoms with Gasteiger partial charge in [0, 0.05) is 18.3 Å². The number of unbranched alkanes of at least 4 members (excludes halogenated alkanes) is 1. The van der Waals surface area contributed by atoms with Crippen molar-refractivity contribution in [2.75, 3.05) is 20.1 Å². The van der Waals surface area contributed by atoms with Crippen LogP contribution in [0, 0.1) is 0 Å². The molecule has 1 heterocycles. The number of nitrogens with two attached hydrogens (primary N) is 1. The molecule has 0 aromatic carbocycles. The van der Waals surface area contributed by atoms with Gasteiger partial charge >= 0.3 is 0 Å². The number of hydrogen-bond donors (Lipinski definition) is 1. The molecular formula is C12H21N3S. The molecule has 0 radical (unpaired) electrons. The van der Waals surface area contributed by atoms with Gasteiger partial charge in [-0.2, -0.15) is 0 Å². The fourth-order valence-corrected chi connectivity index (χ4v) is 2.33. The van der Waals surface area contributed by atoms with E-state index in [1.807, 2.05) is 6.08 Å². The van der Waals surface area contributed by atoms with E-state index < -0.39 is 0 Å². The van der Waals surface area contributed by atoms with Gasteiger partial charge in [0.25, 0.3) is 0 Å². The summed E-state index contributed by atoms with van der Waals surface area (Å²) in [6.45, 7) is 6.43. The van der Waals surface area contributed by atoms with Crippen molar-refractivity contribution in [2.24, 2.45) is 5.73 Å². The molecule has 0 saturated carbocycles. The van der Waals surface area contributed by atoms with E-state index in [0.717, 1.165) is 36.6 Å². The van der Waals surface area contributed by atoms with Crippen LogP contribution in [0.4, 0.5) is 0 Å². The third-order valence-corrected chi connectivity index (χ3v) is 3.29. The Balaban J connectivity index is 2.31. The van der Waals surface area contributed by atoms with Gasteiger partial charge in [0.15, 0.2) is 0 Å². The minimum absolute atomic E-state index is 0.683. The van der Waals surface area contributed by atoms with Crippen LogP contribution in [-0.4, -0.2) is 30.0 Å². The molecule has 0 atom stereocenters. The van der Waals surface area contributed by atoms with Crippen LogP contribution in [0.1, 0.15) is 23.5 Å². The van der Waals surface area contributed by atoms with Crippen LogP contribution in [0.15, 0.2) is 18.0 Å². The summed E-state index contributed by atoms with van der Waals surface area (Å²) in [6, 6.07) is 0. The number of thiazole rings is 1. The lowest BCUT2D eigenvalue weighted by Crippen LogP contribution is -2.19. The Morgan fingerprint density at radius 1 is 1.62 bits per heavy atom. The minimum atomic E-state index is 0.683. The highest BCUT2D eigenvalue weighted by Crippen LogP contribution is 2.11. The number of aromatic nitrogens is 1. The summed E-state index contributed by atoms with van der Waals surface area (Å²) in [4.78, 5) is 6.84. The van der Waals surface area contributed by atoms with Gasteiger partial charge in [-0.05, 0) is 33.0 Å². The molecular weight excluding hydrogens is 218 g/mol. The van der Waals surface area contributed by atoms with Crippen LogP contribution in [0.5, 0.6) is 0 Å². The summed E-state index contributed by atoms with van der Waals surface area (Å²) in [5, 5.41) is 3.28. The Hall–Kier alpha value is -0.710. The van der Waals surface area contributed by atoms with Gasteiger partial charge < -0.3 is 10.6 Å². The first-order chi connectivity index (χ1) is 7.76. The molecule has 1 rings (SSSR count). The molecule has 0 amide bonds. The van der Waals surface area contributed by atoms with Crippen molar-refractivity contribution in [3.05, 3.63) is 28.7 Å². The average Bonchev–Trinajstić information content (AvgIpc) is 2.66. The van der Waals surface area contributed by atoms with E-state index in [0.29, 0.717) is 6.54 Å². The molecule has 16 heavy (non-hydrogen) atoms. The predicted molar refractivity (Wildman–Crippen MR) is 70.6 cm³/mol. The number of nitrogens with zero attached hydrogens (tertiary/aromatic N) is 2. The van der Waals surface area contributed by atoms with Crippen LogP contribution >= 0.6 is 11.3 Å². The Morgan fingerprint density at radius 3 is 3.12 bits per heavy atom. The fraction of sp³-hybridized carbons (Fsp3) is 0.583. The molecule has 90 valence electrons. The first kappa shape index (κ1) is 13.4. The molecule has 0 bridgehead atoms. The Bertz CT molecular complexity index is 309. The largest absolute Gasteiger partial charge is 0.330 e. The zero-order chi connectivity index (χ0) is 11.8. The van der Waals surface area contributed by atoms with Gasteiger partial charge in [0.1, 0.15) is 0 Å². The molecule has 0 saturated heterocycles. The van der Waals surface area contributed by atoms with Crippen LogP contribution in [0.2, 0.25) is 0 Å². The van der Waals surface area contributed by atoms with Crippen molar-refractivity contribution in [2.45, 2.75) is 25.8 Å². The highest BCUT2D eigenvalue weighted by Gasteiger charge is 2.04. The van der Waals surface area contributed by atoms with E-state index >= 15 is 0 Å². The van der Waals surface area contributed by atoms with Crippen LogP contribution in [0.3, 0.4) is 0 Å². The fourth-order valence-electron chi connectivity index (χ4n) is 1.52. The maximum Gasteiger partial charge on any atom is 0.0941 e. The lowest BCUT2D eigenvalue weighted by Gasteiger charge is -2.14. The van der Waals surface area contributed by atoms with Gasteiger partial charge in [-0.1, -0.05) is 6.08 Å². The number of hydrogen-bond acceptors (Lipinski definition) is 4. The number of rotatable bonds is 8. The lowest BCUT2D eigenvalue weighted by molar-refractivity contribution is 0.320. The van der Waals surface area contributed by atoms with E-state index in [1.165, 1.54) is 6.42 Å². The van der Waals surface area contributed by atoms with Gasteiger partial charge in [-0.15, -0.1) is 17.9 Å². The van der Waals surface area contributed by atoms with E-state index in [-0.39, 0.29) is 0 Å². The van der Waals surface area contributed by atoms with E-state index in [2.05, 4.69) is 28.9 Å². The van der Waals surface area contributed by atoms with Crippen LogP contribution < -0.4 is 5.73 Å². The van der Waals surface area contributed by atoms with Crippen molar-refractivity contribution >= 4 is 11.3 Å². The average molecular weight is 239 g/mol. The smallest absolute Gasteiger partial charge is 0.0941 e. The Labute approximate surface area is 102 Å². The zero-order valence-electron chi connectivity index (χ0n) is 9.98. The molecule has 1 aromatic heterocycles. The SMILES string of the molecule is C=CCCCN(C)Cc1csc(CCN)n1. The minimum Gasteiger partial charge on any atom is -0.330 e. The molecule has 0 aliphatic carbocycles. The quantitative estimate of drug-likeness (QED) is 0.557. The number of allylic oxidation sites excluding steroid dienone is 1. The monoisotopic (exact) mass is 239 g/mol. The molecule has 0 unspecified atom stereocenters. The van der Waals surface area contributed by atoms with Crippen molar-refractivity contribution in [1.29, 1.82) is 0 Å². The third kappa shape index (κ3) is 4.88. The lowest BCUT2D eigenvalue weighted by atomic mass is 10.3. The van der Waals surface area contributed by atoms with E-state index in [1.54, 1.807) is 11.3 Å². The molecule has 1 aromatic rings. The molecule has 0 spiro atoms. The van der Waals surface area contributed by atoms with Crippen LogP contribution in [-0.2, 0) is 13.0 Å². The third-order valence-electron chi connectivity index (χ3n) is 2.34. The molecule has 3 nitrogen and oxygen atoms in total. The van der Waals surface area contributed by atoms with E-state index in [9.17, 15) is 0 Å². The first-order valence-corrected chi connectivity index (χ1v) is 6.57. The van der Waals surface area contributed by atoms with Gasteiger partial charge in [-0.3, -0.25) is 0 Å². The molecule has 0 aliphatic heterocycles. The maximum atomic E-state index is 5.50. The molecule has 0 fully saturated rings.